The van der Waals surface area contributed by atoms with Crippen molar-refractivity contribution >= 4 is 16.8 Å². The van der Waals surface area contributed by atoms with Gasteiger partial charge in [0.2, 0.25) is 5.91 Å². The second-order valence-corrected chi connectivity index (χ2v) is 8.54. The minimum atomic E-state index is -0.472. The summed E-state index contributed by atoms with van der Waals surface area (Å²) in [6, 6.07) is 7.20. The van der Waals surface area contributed by atoms with Crippen LogP contribution in [0.5, 0.6) is 0 Å². The lowest BCUT2D eigenvalue weighted by molar-refractivity contribution is -0.133. The van der Waals surface area contributed by atoms with Crippen molar-refractivity contribution in [3.8, 4) is 0 Å². The lowest BCUT2D eigenvalue weighted by Crippen LogP contribution is -2.51. The van der Waals surface area contributed by atoms with Crippen LogP contribution in [0.1, 0.15) is 33.1 Å². The number of hydrogen-bond donors (Lipinski definition) is 1. The Morgan fingerprint density at radius 1 is 1.17 bits per heavy atom. The number of aryl methyl sites for hydroxylation is 1. The molecule has 8 nitrogen and oxygen atoms in total. The molecule has 2 aliphatic rings. The molecule has 3 atom stereocenters. The maximum atomic E-state index is 13.0. The first-order valence-electron chi connectivity index (χ1n) is 10.8. The van der Waals surface area contributed by atoms with Gasteiger partial charge in [-0.2, -0.15) is 0 Å². The van der Waals surface area contributed by atoms with Gasteiger partial charge < -0.3 is 9.64 Å². The van der Waals surface area contributed by atoms with Crippen LogP contribution in [0.4, 0.5) is 0 Å². The molecule has 1 amide bonds. The third kappa shape index (κ3) is 4.34. The van der Waals surface area contributed by atoms with Crippen LogP contribution in [-0.2, 0) is 16.1 Å². The van der Waals surface area contributed by atoms with Gasteiger partial charge in [0, 0.05) is 45.2 Å². The number of rotatable bonds is 5. The summed E-state index contributed by atoms with van der Waals surface area (Å²) in [4.78, 5) is 44.1. The number of benzene rings is 1. The van der Waals surface area contributed by atoms with Crippen molar-refractivity contribution in [2.75, 3.05) is 26.2 Å². The van der Waals surface area contributed by atoms with Crippen molar-refractivity contribution in [1.29, 1.82) is 0 Å². The van der Waals surface area contributed by atoms with Crippen LogP contribution in [0.3, 0.4) is 0 Å². The fourth-order valence-electron chi connectivity index (χ4n) is 4.90. The molecule has 2 fully saturated rings. The van der Waals surface area contributed by atoms with Crippen LogP contribution in [0.15, 0.2) is 33.9 Å². The summed E-state index contributed by atoms with van der Waals surface area (Å²) < 4.78 is 7.31. The summed E-state index contributed by atoms with van der Waals surface area (Å²) in [5.74, 6) is 0.0639. The molecule has 1 N–H and O–H groups in total. The van der Waals surface area contributed by atoms with Gasteiger partial charge in [-0.1, -0.05) is 12.1 Å². The first-order chi connectivity index (χ1) is 14.4. The highest BCUT2D eigenvalue weighted by atomic mass is 16.5. The van der Waals surface area contributed by atoms with E-state index in [1.54, 1.807) is 24.3 Å². The van der Waals surface area contributed by atoms with Crippen molar-refractivity contribution in [3.05, 3.63) is 45.1 Å². The molecule has 2 aliphatic heterocycles. The standard InChI is InChI=1S/C22H30N4O4/c1-15-12-24(13-16(2)30-15)14-17-6-5-10-25(17)20(27)9-11-26-19-8-4-3-7-18(19)21(28)23-22(26)29/h3-4,7-8,15-17H,5-6,9-14H2,1-2H3,(H,23,28,29). The Labute approximate surface area is 175 Å². The molecule has 30 heavy (non-hydrogen) atoms. The molecule has 2 saturated heterocycles. The number of hydrogen-bond acceptors (Lipinski definition) is 5. The summed E-state index contributed by atoms with van der Waals surface area (Å²) >= 11 is 0. The predicted octanol–water partition coefficient (Wildman–Crippen LogP) is 1.18. The van der Waals surface area contributed by atoms with E-state index >= 15 is 0 Å². The van der Waals surface area contributed by atoms with Crippen molar-refractivity contribution in [3.63, 3.8) is 0 Å². The van der Waals surface area contributed by atoms with E-state index in [1.807, 2.05) is 4.90 Å². The smallest absolute Gasteiger partial charge is 0.328 e. The molecular weight excluding hydrogens is 384 g/mol. The van der Waals surface area contributed by atoms with Gasteiger partial charge in [-0.05, 0) is 38.8 Å². The largest absolute Gasteiger partial charge is 0.373 e. The molecule has 1 aromatic carbocycles. The van der Waals surface area contributed by atoms with E-state index in [0.717, 1.165) is 39.0 Å². The molecule has 0 radical (unpaired) electrons. The van der Waals surface area contributed by atoms with Crippen LogP contribution in [0.2, 0.25) is 0 Å². The highest BCUT2D eigenvalue weighted by Crippen LogP contribution is 2.21. The molecule has 8 heteroatoms. The van der Waals surface area contributed by atoms with Gasteiger partial charge in [0.25, 0.3) is 5.56 Å². The molecule has 1 aromatic heterocycles. The van der Waals surface area contributed by atoms with Crippen molar-refractivity contribution < 1.29 is 9.53 Å². The summed E-state index contributed by atoms with van der Waals surface area (Å²) in [6.07, 6.45) is 2.67. The maximum absolute atomic E-state index is 13.0. The average Bonchev–Trinajstić information content (AvgIpc) is 3.15. The number of aromatic amines is 1. The lowest BCUT2D eigenvalue weighted by Gasteiger charge is -2.38. The van der Waals surface area contributed by atoms with Crippen molar-refractivity contribution in [2.45, 2.75) is 57.9 Å². The molecule has 4 rings (SSSR count). The number of fused-ring (bicyclic) bond motifs is 1. The number of morpholine rings is 1. The molecular formula is C22H30N4O4. The monoisotopic (exact) mass is 414 g/mol. The van der Waals surface area contributed by atoms with Gasteiger partial charge in [0.15, 0.2) is 0 Å². The summed E-state index contributed by atoms with van der Waals surface area (Å²) in [5.41, 5.74) is -0.305. The first kappa shape index (κ1) is 20.8. The van der Waals surface area contributed by atoms with E-state index in [2.05, 4.69) is 23.7 Å². The number of para-hydroxylation sites is 1. The van der Waals surface area contributed by atoms with Gasteiger partial charge >= 0.3 is 5.69 Å². The van der Waals surface area contributed by atoms with Crippen molar-refractivity contribution in [1.82, 2.24) is 19.4 Å². The third-order valence-corrected chi connectivity index (χ3v) is 6.12. The van der Waals surface area contributed by atoms with Crippen LogP contribution in [0.25, 0.3) is 10.9 Å². The molecule has 0 spiro atoms. The quantitative estimate of drug-likeness (QED) is 0.794. The minimum absolute atomic E-state index is 0.0639. The number of aromatic nitrogens is 2. The lowest BCUT2D eigenvalue weighted by atomic mass is 10.1. The Bertz CT molecular complexity index is 1020. The first-order valence-corrected chi connectivity index (χ1v) is 10.8. The van der Waals surface area contributed by atoms with Gasteiger partial charge in [0.1, 0.15) is 0 Å². The Hall–Kier alpha value is -2.45. The highest BCUT2D eigenvalue weighted by Gasteiger charge is 2.32. The average molecular weight is 415 g/mol. The van der Waals surface area contributed by atoms with E-state index in [4.69, 9.17) is 4.74 Å². The number of carbonyl (C=O) groups is 1. The van der Waals surface area contributed by atoms with E-state index in [9.17, 15) is 14.4 Å². The normalized spacial score (nSPS) is 25.1. The van der Waals surface area contributed by atoms with E-state index in [0.29, 0.717) is 10.9 Å². The summed E-state index contributed by atoms with van der Waals surface area (Å²) in [5, 5.41) is 0.458. The van der Waals surface area contributed by atoms with E-state index in [1.165, 1.54) is 4.57 Å². The van der Waals surface area contributed by atoms with Crippen molar-refractivity contribution in [2.24, 2.45) is 0 Å². The van der Waals surface area contributed by atoms with Crippen LogP contribution in [0, 0.1) is 0 Å². The van der Waals surface area contributed by atoms with Gasteiger partial charge in [-0.3, -0.25) is 24.0 Å². The van der Waals surface area contributed by atoms with Crippen LogP contribution in [-0.4, -0.2) is 69.7 Å². The van der Waals surface area contributed by atoms with E-state index < -0.39 is 11.2 Å². The molecule has 0 saturated carbocycles. The molecule has 0 bridgehead atoms. The Balaban J connectivity index is 1.43. The summed E-state index contributed by atoms with van der Waals surface area (Å²) in [6.45, 7) is 7.84. The number of carbonyl (C=O) groups excluding carboxylic acids is 1. The number of H-pyrrole nitrogens is 1. The number of amides is 1. The number of ether oxygens (including phenoxy) is 1. The maximum Gasteiger partial charge on any atom is 0.328 e. The number of nitrogens with one attached hydrogen (secondary N) is 1. The van der Waals surface area contributed by atoms with Gasteiger partial charge in [-0.15, -0.1) is 0 Å². The second-order valence-electron chi connectivity index (χ2n) is 8.54. The van der Waals surface area contributed by atoms with Crippen LogP contribution < -0.4 is 11.2 Å². The predicted molar refractivity (Wildman–Crippen MR) is 115 cm³/mol. The molecule has 2 aromatic rings. The van der Waals surface area contributed by atoms with Crippen LogP contribution >= 0.6 is 0 Å². The third-order valence-electron chi connectivity index (χ3n) is 6.12. The summed E-state index contributed by atoms with van der Waals surface area (Å²) in [7, 11) is 0. The van der Waals surface area contributed by atoms with Gasteiger partial charge in [-0.25, -0.2) is 4.79 Å². The fourth-order valence-corrected chi connectivity index (χ4v) is 4.90. The SMILES string of the molecule is CC1CN(CC2CCCN2C(=O)CCn2c(=O)[nH]c(=O)c3ccccc32)CC(C)O1. The Kier molecular flexibility index (Phi) is 6.06. The molecule has 3 heterocycles. The Morgan fingerprint density at radius 2 is 1.90 bits per heavy atom. The van der Waals surface area contributed by atoms with E-state index in [-0.39, 0.29) is 37.1 Å². The minimum Gasteiger partial charge on any atom is -0.373 e. The van der Waals surface area contributed by atoms with Gasteiger partial charge in [0.05, 0.1) is 23.1 Å². The fraction of sp³-hybridized carbons (Fsp3) is 0.591. The second kappa shape index (κ2) is 8.73. The zero-order valence-corrected chi connectivity index (χ0v) is 17.7. The molecule has 0 aliphatic carbocycles. The number of nitrogens with zero attached hydrogens (tertiary/aromatic N) is 3. The molecule has 162 valence electrons. The number of likely N-dealkylation sites (tertiary alicyclic amines) is 1. The zero-order chi connectivity index (χ0) is 21.3. The highest BCUT2D eigenvalue weighted by molar-refractivity contribution is 5.79. The molecule has 3 unspecified atom stereocenters. The Morgan fingerprint density at radius 3 is 2.67 bits per heavy atom. The topological polar surface area (TPSA) is 87.6 Å². The zero-order valence-electron chi connectivity index (χ0n) is 17.7.